The highest BCUT2D eigenvalue weighted by molar-refractivity contribution is 9.09. The lowest BCUT2D eigenvalue weighted by Gasteiger charge is -2.10. The van der Waals surface area contributed by atoms with Crippen LogP contribution in [0.2, 0.25) is 0 Å². The highest BCUT2D eigenvalue weighted by Crippen LogP contribution is 2.17. The second-order valence-electron chi connectivity index (χ2n) is 3.71. The van der Waals surface area contributed by atoms with E-state index in [2.05, 4.69) is 26.6 Å². The number of aryl methyl sites for hydroxylation is 1. The van der Waals surface area contributed by atoms with E-state index in [4.69, 9.17) is 0 Å². The summed E-state index contributed by atoms with van der Waals surface area (Å²) in [5.41, 5.74) is 2.93. The highest BCUT2D eigenvalue weighted by atomic mass is 79.9. The van der Waals surface area contributed by atoms with Gasteiger partial charge >= 0.3 is 0 Å². The summed E-state index contributed by atoms with van der Waals surface area (Å²) in [6.45, 7) is 3.91. The molecule has 0 aliphatic heterocycles. The maximum Gasteiger partial charge on any atom is 0.243 e. The number of nitrogens with one attached hydrogen (secondary N) is 2. The van der Waals surface area contributed by atoms with Gasteiger partial charge in [-0.1, -0.05) is 28.1 Å². The van der Waals surface area contributed by atoms with Crippen molar-refractivity contribution in [2.24, 2.45) is 0 Å². The molecule has 1 aromatic carbocycles. The van der Waals surface area contributed by atoms with Gasteiger partial charge in [-0.05, 0) is 31.0 Å². The predicted molar refractivity (Wildman–Crippen MR) is 71.3 cm³/mol. The summed E-state index contributed by atoms with van der Waals surface area (Å²) in [5, 5.41) is 5.45. The Morgan fingerprint density at radius 1 is 1.24 bits per heavy atom. The van der Waals surface area contributed by atoms with E-state index in [1.807, 2.05) is 32.0 Å². The number of carbonyl (C=O) groups excluding carboxylic acids is 2. The third-order valence-corrected chi connectivity index (χ3v) is 2.96. The lowest BCUT2D eigenvalue weighted by Crippen LogP contribution is -2.33. The minimum Gasteiger partial charge on any atom is -0.346 e. The van der Waals surface area contributed by atoms with E-state index in [1.54, 1.807) is 0 Å². The van der Waals surface area contributed by atoms with E-state index in [-0.39, 0.29) is 23.7 Å². The smallest absolute Gasteiger partial charge is 0.243 e. The van der Waals surface area contributed by atoms with E-state index in [9.17, 15) is 9.59 Å². The SMILES string of the molecule is Cc1cccc(NC(=O)CNC(=O)CBr)c1C. The molecule has 0 radical (unpaired) electrons. The van der Waals surface area contributed by atoms with Crippen LogP contribution in [0.4, 0.5) is 5.69 Å². The fraction of sp³-hybridized carbons (Fsp3) is 0.333. The van der Waals surface area contributed by atoms with E-state index in [0.717, 1.165) is 16.8 Å². The maximum atomic E-state index is 11.6. The van der Waals surface area contributed by atoms with E-state index in [0.29, 0.717) is 0 Å². The molecule has 0 saturated heterocycles. The minimum atomic E-state index is -0.229. The quantitative estimate of drug-likeness (QED) is 0.832. The number of amides is 2. The number of benzene rings is 1. The molecule has 0 unspecified atom stereocenters. The molecule has 0 fully saturated rings. The van der Waals surface area contributed by atoms with Crippen LogP contribution in [0.3, 0.4) is 0 Å². The molecular formula is C12H15BrN2O2. The number of alkyl halides is 1. The van der Waals surface area contributed by atoms with Crippen molar-refractivity contribution >= 4 is 33.4 Å². The van der Waals surface area contributed by atoms with Crippen LogP contribution in [-0.2, 0) is 9.59 Å². The van der Waals surface area contributed by atoms with Crippen LogP contribution in [0.25, 0.3) is 0 Å². The van der Waals surface area contributed by atoms with Gasteiger partial charge in [-0.25, -0.2) is 0 Å². The molecule has 0 aliphatic rings. The number of carbonyl (C=O) groups is 2. The summed E-state index contributed by atoms with van der Waals surface area (Å²) < 4.78 is 0. The third kappa shape index (κ3) is 4.19. The predicted octanol–water partition coefficient (Wildman–Crippen LogP) is 1.75. The first-order valence-electron chi connectivity index (χ1n) is 5.23. The zero-order valence-electron chi connectivity index (χ0n) is 9.84. The van der Waals surface area contributed by atoms with Crippen molar-refractivity contribution in [2.45, 2.75) is 13.8 Å². The largest absolute Gasteiger partial charge is 0.346 e. The maximum absolute atomic E-state index is 11.6. The Morgan fingerprint density at radius 3 is 2.59 bits per heavy atom. The molecule has 0 heterocycles. The van der Waals surface area contributed by atoms with Gasteiger partial charge in [-0.3, -0.25) is 9.59 Å². The van der Waals surface area contributed by atoms with E-state index >= 15 is 0 Å². The summed E-state index contributed by atoms with van der Waals surface area (Å²) in [5.74, 6) is -0.436. The molecule has 0 spiro atoms. The number of hydrogen-bond donors (Lipinski definition) is 2. The van der Waals surface area contributed by atoms with Gasteiger partial charge in [0.25, 0.3) is 0 Å². The molecule has 4 nitrogen and oxygen atoms in total. The second kappa shape index (κ2) is 6.39. The molecule has 1 rings (SSSR count). The van der Waals surface area contributed by atoms with Crippen LogP contribution in [-0.4, -0.2) is 23.7 Å². The highest BCUT2D eigenvalue weighted by Gasteiger charge is 2.07. The van der Waals surface area contributed by atoms with Gasteiger partial charge in [0.15, 0.2) is 0 Å². The monoisotopic (exact) mass is 298 g/mol. The van der Waals surface area contributed by atoms with Gasteiger partial charge in [-0.15, -0.1) is 0 Å². The normalized spacial score (nSPS) is 9.82. The average molecular weight is 299 g/mol. The standard InChI is InChI=1S/C12H15BrN2O2/c1-8-4-3-5-10(9(8)2)15-12(17)7-14-11(16)6-13/h3-5H,6-7H2,1-2H3,(H,14,16)(H,15,17). The summed E-state index contributed by atoms with van der Waals surface area (Å²) in [4.78, 5) is 22.5. The Kier molecular flexibility index (Phi) is 5.15. The molecule has 2 amide bonds. The Morgan fingerprint density at radius 2 is 1.94 bits per heavy atom. The Bertz CT molecular complexity index is 433. The number of anilines is 1. The van der Waals surface area contributed by atoms with Gasteiger partial charge in [0.05, 0.1) is 11.9 Å². The van der Waals surface area contributed by atoms with Gasteiger partial charge in [0.1, 0.15) is 0 Å². The van der Waals surface area contributed by atoms with Gasteiger partial charge < -0.3 is 10.6 Å². The Labute approximate surface area is 109 Å². The molecule has 0 atom stereocenters. The fourth-order valence-corrected chi connectivity index (χ4v) is 1.51. The van der Waals surface area contributed by atoms with Crippen LogP contribution in [0, 0.1) is 13.8 Å². The van der Waals surface area contributed by atoms with Crippen LogP contribution in [0.5, 0.6) is 0 Å². The molecular weight excluding hydrogens is 284 g/mol. The average Bonchev–Trinajstić information content (AvgIpc) is 2.32. The van der Waals surface area contributed by atoms with Crippen molar-refractivity contribution in [1.82, 2.24) is 5.32 Å². The molecule has 2 N–H and O–H groups in total. The molecule has 0 aromatic heterocycles. The summed E-state index contributed by atoms with van der Waals surface area (Å²) in [7, 11) is 0. The zero-order valence-corrected chi connectivity index (χ0v) is 11.4. The number of rotatable bonds is 4. The summed E-state index contributed by atoms with van der Waals surface area (Å²) >= 11 is 3.01. The first kappa shape index (κ1) is 13.7. The third-order valence-electron chi connectivity index (χ3n) is 2.45. The lowest BCUT2D eigenvalue weighted by molar-refractivity contribution is -0.122. The van der Waals surface area contributed by atoms with Crippen molar-refractivity contribution in [1.29, 1.82) is 0 Å². The molecule has 0 bridgehead atoms. The number of hydrogen-bond acceptors (Lipinski definition) is 2. The molecule has 0 saturated carbocycles. The molecule has 17 heavy (non-hydrogen) atoms. The molecule has 1 aromatic rings. The van der Waals surface area contributed by atoms with Crippen LogP contribution < -0.4 is 10.6 Å². The van der Waals surface area contributed by atoms with Gasteiger partial charge in [0.2, 0.25) is 11.8 Å². The van der Waals surface area contributed by atoms with Crippen molar-refractivity contribution in [3.8, 4) is 0 Å². The van der Waals surface area contributed by atoms with Crippen LogP contribution in [0.15, 0.2) is 18.2 Å². The first-order valence-corrected chi connectivity index (χ1v) is 6.35. The van der Waals surface area contributed by atoms with Crippen LogP contribution in [0.1, 0.15) is 11.1 Å². The fourth-order valence-electron chi connectivity index (χ4n) is 1.31. The van der Waals surface area contributed by atoms with Crippen LogP contribution >= 0.6 is 15.9 Å². The Hall–Kier alpha value is -1.36. The number of halogens is 1. The van der Waals surface area contributed by atoms with Crippen molar-refractivity contribution in [2.75, 3.05) is 17.2 Å². The van der Waals surface area contributed by atoms with E-state index < -0.39 is 0 Å². The summed E-state index contributed by atoms with van der Waals surface area (Å²) in [6.07, 6.45) is 0. The minimum absolute atomic E-state index is 0.0161. The summed E-state index contributed by atoms with van der Waals surface area (Å²) in [6, 6.07) is 5.71. The zero-order chi connectivity index (χ0) is 12.8. The molecule has 0 aliphatic carbocycles. The van der Waals surface area contributed by atoms with E-state index in [1.165, 1.54) is 0 Å². The van der Waals surface area contributed by atoms with Crippen molar-refractivity contribution in [3.63, 3.8) is 0 Å². The second-order valence-corrected chi connectivity index (χ2v) is 4.27. The first-order chi connectivity index (χ1) is 8.04. The van der Waals surface area contributed by atoms with Crippen molar-refractivity contribution in [3.05, 3.63) is 29.3 Å². The lowest BCUT2D eigenvalue weighted by atomic mass is 10.1. The van der Waals surface area contributed by atoms with Gasteiger partial charge in [0, 0.05) is 5.69 Å². The topological polar surface area (TPSA) is 58.2 Å². The van der Waals surface area contributed by atoms with Gasteiger partial charge in [-0.2, -0.15) is 0 Å². The van der Waals surface area contributed by atoms with Crippen molar-refractivity contribution < 1.29 is 9.59 Å². The molecule has 5 heteroatoms. The molecule has 92 valence electrons. The Balaban J connectivity index is 2.56.